The number of unbranched alkanes of at least 4 members (excludes halogenated alkanes) is 1. The summed E-state index contributed by atoms with van der Waals surface area (Å²) >= 11 is 0. The van der Waals surface area contributed by atoms with Gasteiger partial charge in [-0.15, -0.1) is 0 Å². The monoisotopic (exact) mass is 282 g/mol. The van der Waals surface area contributed by atoms with Gasteiger partial charge < -0.3 is 5.11 Å². The van der Waals surface area contributed by atoms with Crippen molar-refractivity contribution in [3.63, 3.8) is 0 Å². The predicted octanol–water partition coefficient (Wildman–Crippen LogP) is 4.16. The Morgan fingerprint density at radius 3 is 1.67 bits per heavy atom. The fraction of sp³-hybridized carbons (Fsp3) is 0.222. The molecule has 0 bridgehead atoms. The maximum atomic E-state index is 11.9. The van der Waals surface area contributed by atoms with Crippen LogP contribution >= 0.6 is 0 Å². The van der Waals surface area contributed by atoms with Crippen LogP contribution in [0, 0.1) is 0 Å². The lowest BCUT2D eigenvalue weighted by atomic mass is 10.1. The highest BCUT2D eigenvalue weighted by Crippen LogP contribution is 2.35. The van der Waals surface area contributed by atoms with Crippen LogP contribution in [-0.4, -0.2) is 16.9 Å². The van der Waals surface area contributed by atoms with Crippen molar-refractivity contribution in [3.8, 4) is 11.1 Å². The average molecular weight is 282 g/mol. The first-order chi connectivity index (χ1) is 10.1. The molecule has 0 unspecified atom stereocenters. The van der Waals surface area contributed by atoms with Crippen LogP contribution in [-0.2, 0) is 4.79 Å². The Balaban J connectivity index is 0.000000199. The van der Waals surface area contributed by atoms with E-state index in [0.29, 0.717) is 6.42 Å². The Hall–Kier alpha value is -2.42. The molecule has 3 rings (SSSR count). The fourth-order valence-corrected chi connectivity index (χ4v) is 2.31. The molecule has 21 heavy (non-hydrogen) atoms. The standard InChI is InChI=1S/C13H8O.C5H10O2/c14-13-11-7-3-1-5-9(11)10-6-2-4-8-12(10)13;1-2-3-4-5(6)7/h1-8H;2-4H2,1H3,(H,6,7). The Kier molecular flexibility index (Phi) is 4.88. The number of ketones is 1. The minimum absolute atomic E-state index is 0.149. The average Bonchev–Trinajstić information content (AvgIpc) is 2.80. The van der Waals surface area contributed by atoms with Crippen molar-refractivity contribution in [2.45, 2.75) is 26.2 Å². The number of rotatable bonds is 3. The first-order valence-electron chi connectivity index (χ1n) is 7.10. The SMILES string of the molecule is CCCCC(=O)O.O=C1c2ccccc2-c2ccccc21. The van der Waals surface area contributed by atoms with E-state index < -0.39 is 5.97 Å². The summed E-state index contributed by atoms with van der Waals surface area (Å²) in [6.45, 7) is 1.98. The van der Waals surface area contributed by atoms with Gasteiger partial charge in [0.1, 0.15) is 0 Å². The van der Waals surface area contributed by atoms with E-state index in [4.69, 9.17) is 5.11 Å². The molecule has 3 heteroatoms. The van der Waals surface area contributed by atoms with E-state index in [1.54, 1.807) is 0 Å². The Labute approximate surface area is 124 Å². The molecule has 0 aliphatic heterocycles. The lowest BCUT2D eigenvalue weighted by molar-refractivity contribution is -0.137. The van der Waals surface area contributed by atoms with Crippen LogP contribution in [0.2, 0.25) is 0 Å². The highest BCUT2D eigenvalue weighted by atomic mass is 16.4. The lowest BCUT2D eigenvalue weighted by Crippen LogP contribution is -1.93. The Morgan fingerprint density at radius 1 is 0.905 bits per heavy atom. The molecule has 0 aromatic heterocycles. The zero-order chi connectivity index (χ0) is 15.2. The number of carboxylic acids is 1. The summed E-state index contributed by atoms with van der Waals surface area (Å²) in [4.78, 5) is 21.6. The molecular weight excluding hydrogens is 264 g/mol. The number of carboxylic acid groups (broad SMARTS) is 1. The normalized spacial score (nSPS) is 11.2. The van der Waals surface area contributed by atoms with Crippen LogP contribution < -0.4 is 0 Å². The third-order valence-corrected chi connectivity index (χ3v) is 3.38. The van der Waals surface area contributed by atoms with Gasteiger partial charge in [0, 0.05) is 17.5 Å². The highest BCUT2D eigenvalue weighted by molar-refractivity contribution is 6.21. The number of carbonyl (C=O) groups excluding carboxylic acids is 1. The Bertz CT molecular complexity index is 612. The molecule has 1 aliphatic rings. The molecule has 3 nitrogen and oxygen atoms in total. The summed E-state index contributed by atoms with van der Waals surface area (Å²) < 4.78 is 0. The minimum Gasteiger partial charge on any atom is -0.481 e. The van der Waals surface area contributed by atoms with Gasteiger partial charge >= 0.3 is 5.97 Å². The van der Waals surface area contributed by atoms with Gasteiger partial charge in [-0.3, -0.25) is 9.59 Å². The summed E-state index contributed by atoms with van der Waals surface area (Å²) in [5, 5.41) is 8.04. The van der Waals surface area contributed by atoms with E-state index in [2.05, 4.69) is 0 Å². The second-order valence-corrected chi connectivity index (χ2v) is 4.92. The molecule has 0 heterocycles. The first-order valence-corrected chi connectivity index (χ1v) is 7.10. The summed E-state index contributed by atoms with van der Waals surface area (Å²) in [6, 6.07) is 15.5. The van der Waals surface area contributed by atoms with Crippen LogP contribution in [0.3, 0.4) is 0 Å². The lowest BCUT2D eigenvalue weighted by Gasteiger charge is -1.96. The fourth-order valence-electron chi connectivity index (χ4n) is 2.31. The number of aliphatic carboxylic acids is 1. The molecular formula is C18H18O3. The van der Waals surface area contributed by atoms with Crippen LogP contribution in [0.5, 0.6) is 0 Å². The summed E-state index contributed by atoms with van der Waals surface area (Å²) in [7, 11) is 0. The summed E-state index contributed by atoms with van der Waals surface area (Å²) in [5.41, 5.74) is 3.78. The zero-order valence-electron chi connectivity index (χ0n) is 12.0. The molecule has 108 valence electrons. The van der Waals surface area contributed by atoms with E-state index >= 15 is 0 Å². The molecule has 0 saturated heterocycles. The van der Waals surface area contributed by atoms with E-state index in [1.165, 1.54) is 0 Å². The van der Waals surface area contributed by atoms with Crippen LogP contribution in [0.25, 0.3) is 11.1 Å². The van der Waals surface area contributed by atoms with Crippen molar-refractivity contribution in [1.82, 2.24) is 0 Å². The van der Waals surface area contributed by atoms with Gasteiger partial charge in [0.05, 0.1) is 0 Å². The maximum absolute atomic E-state index is 11.9. The first kappa shape index (κ1) is 15.0. The van der Waals surface area contributed by atoms with Gasteiger partial charge in [-0.05, 0) is 17.5 Å². The number of hydrogen-bond acceptors (Lipinski definition) is 2. The number of fused-ring (bicyclic) bond motifs is 3. The van der Waals surface area contributed by atoms with Gasteiger partial charge in [0.25, 0.3) is 0 Å². The van der Waals surface area contributed by atoms with Crippen molar-refractivity contribution in [2.75, 3.05) is 0 Å². The minimum atomic E-state index is -0.693. The van der Waals surface area contributed by atoms with Gasteiger partial charge in [0.15, 0.2) is 5.78 Å². The maximum Gasteiger partial charge on any atom is 0.303 e. The summed E-state index contributed by atoms with van der Waals surface area (Å²) in [5.74, 6) is -0.543. The second kappa shape index (κ2) is 6.84. The van der Waals surface area contributed by atoms with Gasteiger partial charge in [-0.25, -0.2) is 0 Å². The van der Waals surface area contributed by atoms with E-state index in [-0.39, 0.29) is 5.78 Å². The van der Waals surface area contributed by atoms with Crippen molar-refractivity contribution in [1.29, 1.82) is 0 Å². The zero-order valence-corrected chi connectivity index (χ0v) is 12.0. The number of hydrogen-bond donors (Lipinski definition) is 1. The van der Waals surface area contributed by atoms with Crippen molar-refractivity contribution >= 4 is 11.8 Å². The molecule has 2 aromatic carbocycles. The largest absolute Gasteiger partial charge is 0.481 e. The third kappa shape index (κ3) is 3.37. The van der Waals surface area contributed by atoms with E-state index in [1.807, 2.05) is 55.5 Å². The van der Waals surface area contributed by atoms with Crippen molar-refractivity contribution < 1.29 is 14.7 Å². The molecule has 2 aromatic rings. The highest BCUT2D eigenvalue weighted by Gasteiger charge is 2.24. The topological polar surface area (TPSA) is 54.4 Å². The second-order valence-electron chi connectivity index (χ2n) is 4.92. The van der Waals surface area contributed by atoms with Crippen molar-refractivity contribution in [3.05, 3.63) is 59.7 Å². The van der Waals surface area contributed by atoms with E-state index in [0.717, 1.165) is 35.1 Å². The smallest absolute Gasteiger partial charge is 0.303 e. The van der Waals surface area contributed by atoms with Crippen LogP contribution in [0.15, 0.2) is 48.5 Å². The van der Waals surface area contributed by atoms with Crippen molar-refractivity contribution in [2.24, 2.45) is 0 Å². The van der Waals surface area contributed by atoms with Gasteiger partial charge in [0.2, 0.25) is 0 Å². The molecule has 0 spiro atoms. The molecule has 0 amide bonds. The molecule has 0 radical (unpaired) electrons. The van der Waals surface area contributed by atoms with Gasteiger partial charge in [-0.2, -0.15) is 0 Å². The molecule has 0 saturated carbocycles. The predicted molar refractivity (Wildman–Crippen MR) is 82.5 cm³/mol. The number of carbonyl (C=O) groups is 2. The van der Waals surface area contributed by atoms with Crippen LogP contribution in [0.4, 0.5) is 0 Å². The van der Waals surface area contributed by atoms with Crippen LogP contribution in [0.1, 0.15) is 42.1 Å². The molecule has 0 fully saturated rings. The van der Waals surface area contributed by atoms with Gasteiger partial charge in [-0.1, -0.05) is 61.9 Å². The molecule has 0 atom stereocenters. The quantitative estimate of drug-likeness (QED) is 0.784. The number of benzene rings is 2. The summed E-state index contributed by atoms with van der Waals surface area (Å²) in [6.07, 6.45) is 2.08. The van der Waals surface area contributed by atoms with E-state index in [9.17, 15) is 9.59 Å². The molecule has 1 aliphatic carbocycles. The Morgan fingerprint density at radius 2 is 1.33 bits per heavy atom. The molecule has 1 N–H and O–H groups in total. The third-order valence-electron chi connectivity index (χ3n) is 3.38.